The topological polar surface area (TPSA) is 32.3 Å². The minimum atomic E-state index is -0.540. The molecule has 0 aliphatic carbocycles. The number of likely N-dealkylation sites (tertiary alicyclic amines) is 1. The van der Waals surface area contributed by atoms with Crippen LogP contribution in [0.4, 0.5) is 4.39 Å². The van der Waals surface area contributed by atoms with E-state index in [0.29, 0.717) is 11.6 Å². The van der Waals surface area contributed by atoms with E-state index < -0.39 is 11.7 Å². The number of carbonyl (C=O) groups is 1. The maximum Gasteiger partial charge on any atom is 0.254 e. The Morgan fingerprint density at radius 2 is 2.14 bits per heavy atom. The molecule has 1 heterocycles. The second-order valence-corrected chi connectivity index (χ2v) is 6.19. The molecular weight excluding hydrogens is 291 g/mol. The maximum absolute atomic E-state index is 13.5. The number of halogens is 2. The molecule has 1 aromatic carbocycles. The monoisotopic (exact) mass is 312 g/mol. The van der Waals surface area contributed by atoms with Crippen LogP contribution in [0.2, 0.25) is 5.02 Å². The fraction of sp³-hybridized carbons (Fsp3) is 0.562. The van der Waals surface area contributed by atoms with Crippen LogP contribution in [-0.2, 0) is 0 Å². The predicted molar refractivity (Wildman–Crippen MR) is 83.2 cm³/mol. The Kier molecular flexibility index (Phi) is 6.00. The maximum atomic E-state index is 13.5. The van der Waals surface area contributed by atoms with Crippen molar-refractivity contribution in [3.63, 3.8) is 0 Å². The van der Waals surface area contributed by atoms with Crippen LogP contribution in [0.3, 0.4) is 0 Å². The SMILES string of the molecule is CC1CCN(CCCNC(=O)c2cc(Cl)ccc2F)CC1. The number of carbonyl (C=O) groups excluding carboxylic acids is 1. The Morgan fingerprint density at radius 1 is 1.43 bits per heavy atom. The quantitative estimate of drug-likeness (QED) is 0.846. The van der Waals surface area contributed by atoms with Gasteiger partial charge in [0, 0.05) is 11.6 Å². The van der Waals surface area contributed by atoms with Crippen molar-refractivity contribution >= 4 is 17.5 Å². The van der Waals surface area contributed by atoms with Gasteiger partial charge in [0.1, 0.15) is 5.82 Å². The van der Waals surface area contributed by atoms with E-state index in [1.807, 2.05) is 0 Å². The van der Waals surface area contributed by atoms with Crippen LogP contribution in [0.5, 0.6) is 0 Å². The van der Waals surface area contributed by atoms with E-state index in [4.69, 9.17) is 11.6 Å². The molecule has 0 aromatic heterocycles. The van der Waals surface area contributed by atoms with Crippen molar-refractivity contribution in [3.05, 3.63) is 34.6 Å². The molecule has 1 N–H and O–H groups in total. The zero-order valence-electron chi connectivity index (χ0n) is 12.4. The molecule has 1 amide bonds. The largest absolute Gasteiger partial charge is 0.352 e. The molecule has 1 saturated heterocycles. The van der Waals surface area contributed by atoms with Gasteiger partial charge in [-0.15, -0.1) is 0 Å². The van der Waals surface area contributed by atoms with Crippen molar-refractivity contribution in [2.24, 2.45) is 5.92 Å². The third-order valence-electron chi connectivity index (χ3n) is 3.99. The van der Waals surface area contributed by atoms with Crippen LogP contribution in [-0.4, -0.2) is 37.0 Å². The van der Waals surface area contributed by atoms with Gasteiger partial charge >= 0.3 is 0 Å². The van der Waals surface area contributed by atoms with Gasteiger partial charge in [-0.3, -0.25) is 4.79 Å². The van der Waals surface area contributed by atoms with Gasteiger partial charge in [0.25, 0.3) is 5.91 Å². The van der Waals surface area contributed by atoms with Gasteiger partial charge in [-0.25, -0.2) is 4.39 Å². The lowest BCUT2D eigenvalue weighted by molar-refractivity contribution is 0.0946. The third kappa shape index (κ3) is 4.97. The summed E-state index contributed by atoms with van der Waals surface area (Å²) in [5.74, 6) is -0.115. The Morgan fingerprint density at radius 3 is 2.86 bits per heavy atom. The van der Waals surface area contributed by atoms with Crippen LogP contribution in [0.25, 0.3) is 0 Å². The summed E-state index contributed by atoms with van der Waals surface area (Å²) >= 11 is 5.78. The summed E-state index contributed by atoms with van der Waals surface area (Å²) in [6, 6.07) is 4.01. The molecule has 0 spiro atoms. The number of nitrogens with one attached hydrogen (secondary N) is 1. The number of benzene rings is 1. The molecule has 1 fully saturated rings. The van der Waals surface area contributed by atoms with Gasteiger partial charge in [0.05, 0.1) is 5.56 Å². The Labute approximate surface area is 130 Å². The molecule has 5 heteroatoms. The minimum absolute atomic E-state index is 0.00861. The van der Waals surface area contributed by atoms with E-state index in [2.05, 4.69) is 17.1 Å². The number of hydrogen-bond acceptors (Lipinski definition) is 2. The Bertz CT molecular complexity index is 487. The van der Waals surface area contributed by atoms with Crippen LogP contribution in [0.15, 0.2) is 18.2 Å². The first-order chi connectivity index (χ1) is 10.1. The summed E-state index contributed by atoms with van der Waals surface area (Å²) in [5, 5.41) is 3.12. The molecule has 21 heavy (non-hydrogen) atoms. The molecule has 1 aliphatic heterocycles. The fourth-order valence-electron chi connectivity index (χ4n) is 2.56. The number of nitrogens with zero attached hydrogens (tertiary/aromatic N) is 1. The highest BCUT2D eigenvalue weighted by atomic mass is 35.5. The highest BCUT2D eigenvalue weighted by Crippen LogP contribution is 2.16. The van der Waals surface area contributed by atoms with Gasteiger partial charge in [0.15, 0.2) is 0 Å². The molecule has 1 aromatic rings. The van der Waals surface area contributed by atoms with E-state index in [9.17, 15) is 9.18 Å². The van der Waals surface area contributed by atoms with E-state index in [-0.39, 0.29) is 5.56 Å². The van der Waals surface area contributed by atoms with Gasteiger partial charge in [-0.1, -0.05) is 18.5 Å². The van der Waals surface area contributed by atoms with Crippen molar-refractivity contribution in [2.45, 2.75) is 26.2 Å². The van der Waals surface area contributed by atoms with Crippen LogP contribution in [0, 0.1) is 11.7 Å². The van der Waals surface area contributed by atoms with Crippen molar-refractivity contribution in [1.29, 1.82) is 0 Å². The third-order valence-corrected chi connectivity index (χ3v) is 4.22. The molecule has 3 nitrogen and oxygen atoms in total. The summed E-state index contributed by atoms with van der Waals surface area (Å²) in [6.45, 7) is 6.09. The first-order valence-corrected chi connectivity index (χ1v) is 7.89. The van der Waals surface area contributed by atoms with E-state index in [1.54, 1.807) is 0 Å². The number of rotatable bonds is 5. The fourth-order valence-corrected chi connectivity index (χ4v) is 2.73. The molecular formula is C16H22ClFN2O. The van der Waals surface area contributed by atoms with E-state index >= 15 is 0 Å². The molecule has 0 atom stereocenters. The second kappa shape index (κ2) is 7.76. The lowest BCUT2D eigenvalue weighted by Crippen LogP contribution is -2.35. The molecule has 0 unspecified atom stereocenters. The summed E-state index contributed by atoms with van der Waals surface area (Å²) < 4.78 is 13.5. The first kappa shape index (κ1) is 16.2. The van der Waals surface area contributed by atoms with Crippen molar-refractivity contribution in [3.8, 4) is 0 Å². The van der Waals surface area contributed by atoms with E-state index in [1.165, 1.54) is 31.0 Å². The van der Waals surface area contributed by atoms with Gasteiger partial charge in [0.2, 0.25) is 0 Å². The average Bonchev–Trinajstić information content (AvgIpc) is 2.47. The smallest absolute Gasteiger partial charge is 0.254 e. The lowest BCUT2D eigenvalue weighted by Gasteiger charge is -2.30. The van der Waals surface area contributed by atoms with Crippen molar-refractivity contribution < 1.29 is 9.18 Å². The van der Waals surface area contributed by atoms with Crippen LogP contribution in [0.1, 0.15) is 36.5 Å². The molecule has 0 bridgehead atoms. The van der Waals surface area contributed by atoms with Crippen LogP contribution >= 0.6 is 11.6 Å². The number of amides is 1. The van der Waals surface area contributed by atoms with E-state index in [0.717, 1.165) is 32.0 Å². The van der Waals surface area contributed by atoms with Gasteiger partial charge < -0.3 is 10.2 Å². The zero-order chi connectivity index (χ0) is 15.2. The van der Waals surface area contributed by atoms with Gasteiger partial charge in [-0.05, 0) is 63.0 Å². The molecule has 1 aliphatic rings. The predicted octanol–water partition coefficient (Wildman–Crippen LogP) is 3.33. The summed E-state index contributed by atoms with van der Waals surface area (Å²) in [7, 11) is 0. The van der Waals surface area contributed by atoms with Crippen molar-refractivity contribution in [2.75, 3.05) is 26.2 Å². The van der Waals surface area contributed by atoms with Crippen molar-refractivity contribution in [1.82, 2.24) is 10.2 Å². The standard InChI is InChI=1S/C16H22ClFN2O/c1-12-5-9-20(10-6-12)8-2-7-19-16(21)14-11-13(17)3-4-15(14)18/h3-4,11-12H,2,5-10H2,1H3,(H,19,21). The zero-order valence-corrected chi connectivity index (χ0v) is 13.1. The number of hydrogen-bond donors (Lipinski definition) is 1. The van der Waals surface area contributed by atoms with Gasteiger partial charge in [-0.2, -0.15) is 0 Å². The molecule has 0 saturated carbocycles. The Hall–Kier alpha value is -1.13. The highest BCUT2D eigenvalue weighted by Gasteiger charge is 2.15. The molecule has 116 valence electrons. The average molecular weight is 313 g/mol. The summed E-state index contributed by atoms with van der Waals surface area (Å²) in [6.07, 6.45) is 3.38. The summed E-state index contributed by atoms with van der Waals surface area (Å²) in [4.78, 5) is 14.3. The summed E-state index contributed by atoms with van der Waals surface area (Å²) in [5.41, 5.74) is 0.00861. The second-order valence-electron chi connectivity index (χ2n) is 5.76. The lowest BCUT2D eigenvalue weighted by atomic mass is 9.99. The van der Waals surface area contributed by atoms with Crippen LogP contribution < -0.4 is 5.32 Å². The minimum Gasteiger partial charge on any atom is -0.352 e. The number of piperidine rings is 1. The first-order valence-electron chi connectivity index (χ1n) is 7.52. The molecule has 2 rings (SSSR count). The Balaban J connectivity index is 1.71. The highest BCUT2D eigenvalue weighted by molar-refractivity contribution is 6.30. The normalized spacial score (nSPS) is 16.9. The molecule has 0 radical (unpaired) electrons.